The lowest BCUT2D eigenvalue weighted by Gasteiger charge is -2.26. The van der Waals surface area contributed by atoms with Crippen LogP contribution in [0.1, 0.15) is 11.3 Å². The molecule has 1 aromatic carbocycles. The fraction of sp³-hybridized carbons (Fsp3) is 0.500. The molecule has 2 heterocycles. The van der Waals surface area contributed by atoms with E-state index in [1.165, 1.54) is 0 Å². The van der Waals surface area contributed by atoms with E-state index in [1.54, 1.807) is 14.2 Å². The Morgan fingerprint density at radius 2 is 1.82 bits per heavy atom. The van der Waals surface area contributed by atoms with Gasteiger partial charge in [-0.2, -0.15) is 4.98 Å². The third kappa shape index (κ3) is 5.71. The molecule has 1 fully saturated rings. The molecule has 0 spiro atoms. The highest BCUT2D eigenvalue weighted by Crippen LogP contribution is 2.27. The molecule has 0 amide bonds. The summed E-state index contributed by atoms with van der Waals surface area (Å²) in [6.07, 6.45) is 0. The van der Waals surface area contributed by atoms with Crippen LogP contribution < -0.4 is 20.1 Å². The van der Waals surface area contributed by atoms with Gasteiger partial charge < -0.3 is 24.8 Å². The van der Waals surface area contributed by atoms with E-state index in [-0.39, 0.29) is 0 Å². The minimum atomic E-state index is 0.594. The molecule has 0 saturated carbocycles. The maximum Gasteiger partial charge on any atom is 0.225 e. The Balaban J connectivity index is 1.55. The Bertz CT molecular complexity index is 766. The molecule has 2 aromatic rings. The van der Waals surface area contributed by atoms with Crippen LogP contribution in [0.15, 0.2) is 24.3 Å². The van der Waals surface area contributed by atoms with Crippen LogP contribution in [0.25, 0.3) is 0 Å². The highest BCUT2D eigenvalue weighted by atomic mass is 16.5. The maximum absolute atomic E-state index is 5.38. The van der Waals surface area contributed by atoms with Crippen LogP contribution in [-0.4, -0.2) is 68.5 Å². The van der Waals surface area contributed by atoms with Gasteiger partial charge in [0.25, 0.3) is 0 Å². The molecule has 1 saturated heterocycles. The quantitative estimate of drug-likeness (QED) is 0.678. The van der Waals surface area contributed by atoms with Crippen molar-refractivity contribution in [1.82, 2.24) is 14.9 Å². The molecule has 1 aliphatic heterocycles. The van der Waals surface area contributed by atoms with Gasteiger partial charge in [0.2, 0.25) is 5.95 Å². The van der Waals surface area contributed by atoms with Crippen LogP contribution in [0.5, 0.6) is 11.5 Å². The topological polar surface area (TPSA) is 80.8 Å². The van der Waals surface area contributed by atoms with Crippen LogP contribution >= 0.6 is 0 Å². The minimum absolute atomic E-state index is 0.594. The average Bonchev–Trinajstić information content (AvgIpc) is 2.72. The number of aryl methyl sites for hydroxylation is 1. The van der Waals surface area contributed by atoms with Gasteiger partial charge in [-0.25, -0.2) is 4.98 Å². The molecule has 0 radical (unpaired) electrons. The molecule has 0 aliphatic carbocycles. The van der Waals surface area contributed by atoms with Crippen molar-refractivity contribution in [3.63, 3.8) is 0 Å². The van der Waals surface area contributed by atoms with E-state index in [2.05, 4.69) is 25.5 Å². The standard InChI is InChI=1S/C20H29N5O3/c1-15-12-19(21-6-7-25-8-10-28-11-9-25)24-20(23-15)22-14-16-4-5-17(26-2)18(13-16)27-3/h4-5,12-13H,6-11,14H2,1-3H3,(H2,21,22,23,24). The number of anilines is 2. The van der Waals surface area contributed by atoms with E-state index in [4.69, 9.17) is 14.2 Å². The summed E-state index contributed by atoms with van der Waals surface area (Å²) in [4.78, 5) is 11.4. The largest absolute Gasteiger partial charge is 0.493 e. The third-order valence-corrected chi connectivity index (χ3v) is 4.59. The molecule has 1 aromatic heterocycles. The number of aromatic nitrogens is 2. The fourth-order valence-corrected chi connectivity index (χ4v) is 3.08. The molecular weight excluding hydrogens is 358 g/mol. The van der Waals surface area contributed by atoms with E-state index in [9.17, 15) is 0 Å². The van der Waals surface area contributed by atoms with Crippen molar-refractivity contribution in [2.24, 2.45) is 0 Å². The molecule has 8 heteroatoms. The predicted molar refractivity (Wildman–Crippen MR) is 109 cm³/mol. The Hall–Kier alpha value is -2.58. The molecule has 8 nitrogen and oxygen atoms in total. The zero-order valence-electron chi connectivity index (χ0n) is 16.8. The number of hydrogen-bond donors (Lipinski definition) is 2. The van der Waals surface area contributed by atoms with E-state index < -0.39 is 0 Å². The summed E-state index contributed by atoms with van der Waals surface area (Å²) in [5.74, 6) is 2.85. The van der Waals surface area contributed by atoms with Crippen molar-refractivity contribution in [3.05, 3.63) is 35.5 Å². The first-order chi connectivity index (χ1) is 13.7. The average molecular weight is 387 g/mol. The van der Waals surface area contributed by atoms with Gasteiger partial charge in [-0.1, -0.05) is 6.07 Å². The van der Waals surface area contributed by atoms with E-state index >= 15 is 0 Å². The molecular formula is C20H29N5O3. The smallest absolute Gasteiger partial charge is 0.225 e. The lowest BCUT2D eigenvalue weighted by atomic mass is 10.2. The van der Waals surface area contributed by atoms with E-state index in [1.807, 2.05) is 31.2 Å². The summed E-state index contributed by atoms with van der Waals surface area (Å²) in [7, 11) is 3.26. The zero-order valence-corrected chi connectivity index (χ0v) is 16.8. The zero-order chi connectivity index (χ0) is 19.8. The number of benzene rings is 1. The molecule has 152 valence electrons. The lowest BCUT2D eigenvalue weighted by molar-refractivity contribution is 0.0398. The first kappa shape index (κ1) is 20.2. The second-order valence-electron chi connectivity index (χ2n) is 6.64. The van der Waals surface area contributed by atoms with Crippen molar-refractivity contribution >= 4 is 11.8 Å². The van der Waals surface area contributed by atoms with E-state index in [0.717, 1.165) is 56.5 Å². The number of methoxy groups -OCH3 is 2. The first-order valence-electron chi connectivity index (χ1n) is 9.52. The molecule has 1 aliphatic rings. The van der Waals surface area contributed by atoms with Crippen LogP contribution in [0.3, 0.4) is 0 Å². The monoisotopic (exact) mass is 387 g/mol. The van der Waals surface area contributed by atoms with Gasteiger partial charge in [-0.3, -0.25) is 4.90 Å². The second-order valence-corrected chi connectivity index (χ2v) is 6.64. The number of nitrogens with one attached hydrogen (secondary N) is 2. The van der Waals surface area contributed by atoms with Crippen LogP contribution in [0.2, 0.25) is 0 Å². The third-order valence-electron chi connectivity index (χ3n) is 4.59. The van der Waals surface area contributed by atoms with Gasteiger partial charge in [0.05, 0.1) is 27.4 Å². The number of ether oxygens (including phenoxy) is 3. The van der Waals surface area contributed by atoms with Crippen molar-refractivity contribution in [2.75, 3.05) is 64.2 Å². The van der Waals surface area contributed by atoms with Gasteiger partial charge >= 0.3 is 0 Å². The Morgan fingerprint density at radius 3 is 2.57 bits per heavy atom. The van der Waals surface area contributed by atoms with E-state index in [0.29, 0.717) is 24.0 Å². The lowest BCUT2D eigenvalue weighted by Crippen LogP contribution is -2.39. The van der Waals surface area contributed by atoms with Crippen molar-refractivity contribution in [1.29, 1.82) is 0 Å². The fourth-order valence-electron chi connectivity index (χ4n) is 3.08. The first-order valence-corrected chi connectivity index (χ1v) is 9.52. The van der Waals surface area contributed by atoms with Crippen molar-refractivity contribution < 1.29 is 14.2 Å². The minimum Gasteiger partial charge on any atom is -0.493 e. The van der Waals surface area contributed by atoms with Gasteiger partial charge in [-0.15, -0.1) is 0 Å². The van der Waals surface area contributed by atoms with Gasteiger partial charge in [0.15, 0.2) is 11.5 Å². The molecule has 28 heavy (non-hydrogen) atoms. The summed E-state index contributed by atoms with van der Waals surface area (Å²) in [5, 5.41) is 6.68. The summed E-state index contributed by atoms with van der Waals surface area (Å²) in [6, 6.07) is 7.79. The van der Waals surface area contributed by atoms with Crippen molar-refractivity contribution in [3.8, 4) is 11.5 Å². The SMILES string of the molecule is COc1ccc(CNc2nc(C)cc(NCCN3CCOCC3)n2)cc1OC. The number of nitrogens with zero attached hydrogens (tertiary/aromatic N) is 3. The summed E-state index contributed by atoms with van der Waals surface area (Å²) < 4.78 is 16.0. The summed E-state index contributed by atoms with van der Waals surface area (Å²) in [5.41, 5.74) is 1.98. The predicted octanol–water partition coefficient (Wildman–Crippen LogP) is 2.16. The van der Waals surface area contributed by atoms with Crippen LogP contribution in [-0.2, 0) is 11.3 Å². The van der Waals surface area contributed by atoms with Gasteiger partial charge in [-0.05, 0) is 24.6 Å². The normalized spacial score (nSPS) is 14.5. The molecule has 0 bridgehead atoms. The number of morpholine rings is 1. The summed E-state index contributed by atoms with van der Waals surface area (Å²) >= 11 is 0. The second kappa shape index (κ2) is 10.1. The van der Waals surface area contributed by atoms with Crippen LogP contribution in [0, 0.1) is 6.92 Å². The summed E-state index contributed by atoms with van der Waals surface area (Å²) in [6.45, 7) is 7.98. The van der Waals surface area contributed by atoms with Gasteiger partial charge in [0, 0.05) is 44.5 Å². The maximum atomic E-state index is 5.38. The Labute approximate surface area is 166 Å². The van der Waals surface area contributed by atoms with Crippen molar-refractivity contribution in [2.45, 2.75) is 13.5 Å². The molecule has 2 N–H and O–H groups in total. The highest BCUT2D eigenvalue weighted by Gasteiger charge is 2.10. The molecule has 3 rings (SSSR count). The van der Waals surface area contributed by atoms with Crippen LogP contribution in [0.4, 0.5) is 11.8 Å². The Kier molecular flexibility index (Phi) is 7.27. The molecule has 0 atom stereocenters. The number of hydrogen-bond acceptors (Lipinski definition) is 8. The highest BCUT2D eigenvalue weighted by molar-refractivity contribution is 5.45. The Morgan fingerprint density at radius 1 is 1.04 bits per heavy atom. The molecule has 0 unspecified atom stereocenters. The number of rotatable bonds is 9. The van der Waals surface area contributed by atoms with Gasteiger partial charge in [0.1, 0.15) is 5.82 Å².